The second-order valence-corrected chi connectivity index (χ2v) is 4.89. The van der Waals surface area contributed by atoms with Crippen LogP contribution in [-0.4, -0.2) is 47.7 Å². The molecule has 0 aromatic carbocycles. The summed E-state index contributed by atoms with van der Waals surface area (Å²) in [6, 6.07) is 0.668. The Kier molecular flexibility index (Phi) is 4.18. The average molecular weight is 226 g/mol. The summed E-state index contributed by atoms with van der Waals surface area (Å²) >= 11 is 0. The van der Waals surface area contributed by atoms with E-state index >= 15 is 0 Å². The van der Waals surface area contributed by atoms with Gasteiger partial charge in [-0.15, -0.1) is 0 Å². The minimum Gasteiger partial charge on any atom is -0.396 e. The van der Waals surface area contributed by atoms with E-state index in [2.05, 4.69) is 5.32 Å². The maximum absolute atomic E-state index is 12.1. The monoisotopic (exact) mass is 226 g/mol. The summed E-state index contributed by atoms with van der Waals surface area (Å²) in [4.78, 5) is 14.0. The number of hydrogen-bond acceptors (Lipinski definition) is 3. The molecule has 2 aliphatic rings. The molecule has 1 saturated carbocycles. The maximum atomic E-state index is 12.1. The molecule has 1 heterocycles. The number of unbranched alkanes of at least 4 members (excludes halogenated alkanes) is 1. The highest BCUT2D eigenvalue weighted by molar-refractivity contribution is 5.82. The van der Waals surface area contributed by atoms with Crippen molar-refractivity contribution in [3.63, 3.8) is 0 Å². The molecular weight excluding hydrogens is 204 g/mol. The van der Waals surface area contributed by atoms with E-state index in [0.29, 0.717) is 6.04 Å². The van der Waals surface area contributed by atoms with Crippen molar-refractivity contribution in [2.45, 2.75) is 50.6 Å². The fraction of sp³-hybridized carbons (Fsp3) is 0.917. The molecule has 0 radical (unpaired) electrons. The van der Waals surface area contributed by atoms with Crippen LogP contribution in [0.1, 0.15) is 38.5 Å². The summed E-state index contributed by atoms with van der Waals surface area (Å²) < 4.78 is 0. The number of likely N-dealkylation sites (tertiary alicyclic amines) is 1. The highest BCUT2D eigenvalue weighted by atomic mass is 16.3. The van der Waals surface area contributed by atoms with Crippen LogP contribution < -0.4 is 5.32 Å². The van der Waals surface area contributed by atoms with Crippen molar-refractivity contribution in [2.24, 2.45) is 0 Å². The van der Waals surface area contributed by atoms with E-state index < -0.39 is 0 Å². The number of aliphatic hydroxyl groups is 1. The number of aliphatic hydroxyl groups excluding tert-OH is 1. The third-order valence-corrected chi connectivity index (χ3v) is 3.38. The number of rotatable bonds is 6. The fourth-order valence-electron chi connectivity index (χ4n) is 2.27. The minimum atomic E-state index is 0.0652. The van der Waals surface area contributed by atoms with Gasteiger partial charge in [-0.25, -0.2) is 0 Å². The van der Waals surface area contributed by atoms with Gasteiger partial charge in [0.25, 0.3) is 0 Å². The van der Waals surface area contributed by atoms with Gasteiger partial charge in [0.05, 0.1) is 6.04 Å². The molecule has 4 heteroatoms. The van der Waals surface area contributed by atoms with Crippen molar-refractivity contribution in [3.05, 3.63) is 0 Å². The molecule has 1 amide bonds. The maximum Gasteiger partial charge on any atom is 0.239 e. The first kappa shape index (κ1) is 11.9. The molecule has 1 atom stereocenters. The van der Waals surface area contributed by atoms with Gasteiger partial charge in [-0.05, 0) is 38.5 Å². The second-order valence-electron chi connectivity index (χ2n) is 4.89. The van der Waals surface area contributed by atoms with E-state index in [-0.39, 0.29) is 18.6 Å². The summed E-state index contributed by atoms with van der Waals surface area (Å²) in [5.74, 6) is 0.274. The number of nitrogens with one attached hydrogen (secondary N) is 1. The number of hydrogen-bond donors (Lipinski definition) is 2. The molecule has 2 fully saturated rings. The van der Waals surface area contributed by atoms with Gasteiger partial charge in [-0.2, -0.15) is 0 Å². The molecule has 2 N–H and O–H groups in total. The molecule has 4 nitrogen and oxygen atoms in total. The van der Waals surface area contributed by atoms with E-state index in [0.717, 1.165) is 38.8 Å². The number of carbonyl (C=O) groups excluding carboxylic acids is 1. The number of piperidine rings is 1. The lowest BCUT2D eigenvalue weighted by molar-refractivity contribution is -0.136. The van der Waals surface area contributed by atoms with Gasteiger partial charge in [0.15, 0.2) is 0 Å². The molecule has 1 aliphatic heterocycles. The minimum absolute atomic E-state index is 0.0652. The van der Waals surface area contributed by atoms with Crippen molar-refractivity contribution < 1.29 is 9.90 Å². The topological polar surface area (TPSA) is 52.6 Å². The van der Waals surface area contributed by atoms with Crippen molar-refractivity contribution in [1.82, 2.24) is 10.2 Å². The third-order valence-electron chi connectivity index (χ3n) is 3.38. The normalized spacial score (nSPS) is 26.2. The van der Waals surface area contributed by atoms with Crippen molar-refractivity contribution >= 4 is 5.91 Å². The molecule has 16 heavy (non-hydrogen) atoms. The van der Waals surface area contributed by atoms with Crippen LogP contribution in [-0.2, 0) is 4.79 Å². The summed E-state index contributed by atoms with van der Waals surface area (Å²) in [5, 5.41) is 12.1. The molecule has 1 aliphatic carbocycles. The number of nitrogens with zero attached hydrogens (tertiary/aromatic N) is 1. The standard InChI is InChI=1S/C12H22N2O2/c15-9-2-1-7-14-8-3-4-11(12(14)16)13-10-5-6-10/h10-11,13,15H,1-9H2. The third kappa shape index (κ3) is 3.19. The van der Waals surface area contributed by atoms with Crippen LogP contribution >= 0.6 is 0 Å². The van der Waals surface area contributed by atoms with Crippen LogP contribution in [0.5, 0.6) is 0 Å². The van der Waals surface area contributed by atoms with Crippen LogP contribution in [0.25, 0.3) is 0 Å². The zero-order valence-corrected chi connectivity index (χ0v) is 9.82. The molecule has 2 rings (SSSR count). The second kappa shape index (κ2) is 5.64. The average Bonchev–Trinajstić information content (AvgIpc) is 3.08. The van der Waals surface area contributed by atoms with Gasteiger partial charge in [0.1, 0.15) is 0 Å². The highest BCUT2D eigenvalue weighted by Crippen LogP contribution is 2.22. The van der Waals surface area contributed by atoms with Crippen LogP contribution in [0.15, 0.2) is 0 Å². The molecule has 0 bridgehead atoms. The van der Waals surface area contributed by atoms with Crippen LogP contribution in [0.3, 0.4) is 0 Å². The largest absolute Gasteiger partial charge is 0.396 e. The van der Waals surface area contributed by atoms with E-state index in [1.807, 2.05) is 4.90 Å². The van der Waals surface area contributed by atoms with Crippen LogP contribution in [0.2, 0.25) is 0 Å². The Morgan fingerprint density at radius 1 is 1.31 bits per heavy atom. The number of amides is 1. The molecule has 1 unspecified atom stereocenters. The Labute approximate surface area is 97.0 Å². The smallest absolute Gasteiger partial charge is 0.239 e. The van der Waals surface area contributed by atoms with Gasteiger partial charge in [-0.1, -0.05) is 0 Å². The first-order valence-corrected chi connectivity index (χ1v) is 6.47. The highest BCUT2D eigenvalue weighted by Gasteiger charge is 2.32. The van der Waals surface area contributed by atoms with Crippen molar-refractivity contribution in [3.8, 4) is 0 Å². The molecule has 0 aromatic rings. The van der Waals surface area contributed by atoms with Crippen molar-refractivity contribution in [2.75, 3.05) is 19.7 Å². The Morgan fingerprint density at radius 3 is 2.81 bits per heavy atom. The van der Waals surface area contributed by atoms with Crippen LogP contribution in [0, 0.1) is 0 Å². The number of carbonyl (C=O) groups is 1. The zero-order valence-electron chi connectivity index (χ0n) is 9.82. The lowest BCUT2D eigenvalue weighted by Crippen LogP contribution is -2.51. The van der Waals surface area contributed by atoms with Gasteiger partial charge in [0, 0.05) is 25.7 Å². The molecule has 0 spiro atoms. The first-order valence-electron chi connectivity index (χ1n) is 6.47. The van der Waals surface area contributed by atoms with Crippen molar-refractivity contribution in [1.29, 1.82) is 0 Å². The Balaban J connectivity index is 1.76. The van der Waals surface area contributed by atoms with Gasteiger partial charge in [-0.3, -0.25) is 4.79 Å². The van der Waals surface area contributed by atoms with Gasteiger partial charge < -0.3 is 15.3 Å². The molecule has 1 saturated heterocycles. The van der Waals surface area contributed by atoms with E-state index in [1.165, 1.54) is 12.8 Å². The summed E-state index contributed by atoms with van der Waals surface area (Å²) in [5.41, 5.74) is 0. The Hall–Kier alpha value is -0.610. The van der Waals surface area contributed by atoms with Crippen LogP contribution in [0.4, 0.5) is 0 Å². The van der Waals surface area contributed by atoms with Gasteiger partial charge >= 0.3 is 0 Å². The summed E-state index contributed by atoms with van der Waals surface area (Å²) in [7, 11) is 0. The summed E-state index contributed by atoms with van der Waals surface area (Å²) in [6.45, 7) is 1.93. The quantitative estimate of drug-likeness (QED) is 0.649. The van der Waals surface area contributed by atoms with E-state index in [4.69, 9.17) is 5.11 Å². The Bertz CT molecular complexity index is 241. The van der Waals surface area contributed by atoms with E-state index in [1.54, 1.807) is 0 Å². The first-order chi connectivity index (χ1) is 7.81. The predicted octanol–water partition coefficient (Wildman–Crippen LogP) is 0.502. The summed E-state index contributed by atoms with van der Waals surface area (Å²) in [6.07, 6.45) is 6.27. The van der Waals surface area contributed by atoms with E-state index in [9.17, 15) is 4.79 Å². The van der Waals surface area contributed by atoms with Gasteiger partial charge in [0.2, 0.25) is 5.91 Å². The molecule has 92 valence electrons. The predicted molar refractivity (Wildman–Crippen MR) is 62.1 cm³/mol. The Morgan fingerprint density at radius 2 is 2.12 bits per heavy atom. The lowest BCUT2D eigenvalue weighted by atomic mass is 10.0. The lowest BCUT2D eigenvalue weighted by Gasteiger charge is -2.32. The zero-order chi connectivity index (χ0) is 11.4. The molecule has 0 aromatic heterocycles. The SMILES string of the molecule is O=C1C(NC2CC2)CCCN1CCCCO. The fourth-order valence-corrected chi connectivity index (χ4v) is 2.27. The molecular formula is C12H22N2O2.